The van der Waals surface area contributed by atoms with Crippen molar-refractivity contribution in [2.75, 3.05) is 27.2 Å². The first kappa shape index (κ1) is 18.8. The van der Waals surface area contributed by atoms with Crippen LogP contribution >= 0.6 is 27.5 Å². The van der Waals surface area contributed by atoms with Gasteiger partial charge in [0.15, 0.2) is 6.61 Å². The summed E-state index contributed by atoms with van der Waals surface area (Å²) < 4.78 is 6.28. The molecule has 0 saturated heterocycles. The molecule has 0 aliphatic rings. The molecule has 0 aliphatic heterocycles. The van der Waals surface area contributed by atoms with E-state index in [1.54, 1.807) is 18.2 Å². The van der Waals surface area contributed by atoms with Crippen molar-refractivity contribution < 1.29 is 9.53 Å². The van der Waals surface area contributed by atoms with Crippen LogP contribution in [-0.4, -0.2) is 38.1 Å². The van der Waals surface area contributed by atoms with Crippen LogP contribution in [0, 0.1) is 0 Å². The Balaban J connectivity index is 1.97. The normalized spacial score (nSPS) is 12.0. The van der Waals surface area contributed by atoms with Crippen LogP contribution in [0.1, 0.15) is 11.6 Å². The zero-order valence-corrected chi connectivity index (χ0v) is 16.0. The molecule has 1 N–H and O–H groups in total. The third-order valence-corrected chi connectivity index (χ3v) is 4.19. The summed E-state index contributed by atoms with van der Waals surface area (Å²) in [4.78, 5) is 14.3. The Bertz CT molecular complexity index is 680. The van der Waals surface area contributed by atoms with Crippen LogP contribution < -0.4 is 10.1 Å². The number of nitrogens with zero attached hydrogens (tertiary/aromatic N) is 1. The second-order valence-electron chi connectivity index (χ2n) is 5.66. The second kappa shape index (κ2) is 9.06. The Labute approximate surface area is 155 Å². The fourth-order valence-corrected chi connectivity index (χ4v) is 3.05. The molecule has 0 spiro atoms. The van der Waals surface area contributed by atoms with Crippen LogP contribution in [0.25, 0.3) is 0 Å². The molecular weight excluding hydrogens is 392 g/mol. The summed E-state index contributed by atoms with van der Waals surface area (Å²) >= 11 is 9.26. The first-order chi connectivity index (χ1) is 11.5. The molecular formula is C18H20BrClN2O2. The van der Waals surface area contributed by atoms with Gasteiger partial charge in [-0.25, -0.2) is 0 Å². The maximum Gasteiger partial charge on any atom is 0.258 e. The molecule has 0 aromatic heterocycles. The first-order valence-corrected chi connectivity index (χ1v) is 8.69. The quantitative estimate of drug-likeness (QED) is 0.751. The van der Waals surface area contributed by atoms with Gasteiger partial charge in [-0.2, -0.15) is 0 Å². The highest BCUT2D eigenvalue weighted by atomic mass is 79.9. The van der Waals surface area contributed by atoms with E-state index >= 15 is 0 Å². The predicted octanol–water partition coefficient (Wildman–Crippen LogP) is 3.90. The summed E-state index contributed by atoms with van der Waals surface area (Å²) in [5.74, 6) is 0.408. The number of rotatable bonds is 7. The van der Waals surface area contributed by atoms with E-state index in [1.807, 2.05) is 49.3 Å². The number of nitrogens with one attached hydrogen (secondary N) is 1. The van der Waals surface area contributed by atoms with Gasteiger partial charge in [0.2, 0.25) is 0 Å². The zero-order chi connectivity index (χ0) is 17.5. The van der Waals surface area contributed by atoms with Gasteiger partial charge in [0.1, 0.15) is 5.75 Å². The number of carbonyl (C=O) groups excluding carboxylic acids is 1. The maximum atomic E-state index is 12.3. The lowest BCUT2D eigenvalue weighted by Gasteiger charge is -2.23. The van der Waals surface area contributed by atoms with E-state index in [9.17, 15) is 4.79 Å². The Hall–Kier alpha value is -1.56. The van der Waals surface area contributed by atoms with Crippen molar-refractivity contribution in [2.24, 2.45) is 0 Å². The third kappa shape index (κ3) is 5.82. The molecule has 0 unspecified atom stereocenters. The molecule has 0 aliphatic carbocycles. The number of benzene rings is 2. The molecule has 6 heteroatoms. The second-order valence-corrected chi connectivity index (χ2v) is 6.95. The zero-order valence-electron chi connectivity index (χ0n) is 13.6. The number of halogens is 2. The summed E-state index contributed by atoms with van der Waals surface area (Å²) in [7, 11) is 3.95. The van der Waals surface area contributed by atoms with Crippen molar-refractivity contribution >= 4 is 33.4 Å². The molecule has 0 fully saturated rings. The third-order valence-electron chi connectivity index (χ3n) is 3.34. The highest BCUT2D eigenvalue weighted by Crippen LogP contribution is 2.27. The number of likely N-dealkylation sites (N-methyl/N-ethyl adjacent to an activating group) is 1. The topological polar surface area (TPSA) is 41.6 Å². The van der Waals surface area contributed by atoms with Gasteiger partial charge in [0, 0.05) is 11.6 Å². The van der Waals surface area contributed by atoms with E-state index < -0.39 is 0 Å². The Morgan fingerprint density at radius 2 is 1.96 bits per heavy atom. The standard InChI is InChI=1S/C18H20BrClN2O2/c1-22(2)11-16(13-6-4-3-5-7-13)21-18(23)12-24-17-9-8-14(20)10-15(17)19/h3-10,16H,11-12H2,1-2H3,(H,21,23)/t16-/m0/s1. The van der Waals surface area contributed by atoms with Crippen LogP contribution in [0.5, 0.6) is 5.75 Å². The van der Waals surface area contributed by atoms with Gasteiger partial charge in [-0.15, -0.1) is 0 Å². The van der Waals surface area contributed by atoms with Crippen molar-refractivity contribution in [3.63, 3.8) is 0 Å². The Morgan fingerprint density at radius 3 is 2.58 bits per heavy atom. The van der Waals surface area contributed by atoms with Crippen molar-refractivity contribution in [1.82, 2.24) is 10.2 Å². The minimum atomic E-state index is -0.174. The van der Waals surface area contributed by atoms with E-state index in [0.29, 0.717) is 17.3 Å². The van der Waals surface area contributed by atoms with E-state index in [2.05, 4.69) is 21.2 Å². The van der Waals surface area contributed by atoms with Gasteiger partial charge in [-0.05, 0) is 53.8 Å². The summed E-state index contributed by atoms with van der Waals surface area (Å²) in [6.45, 7) is 0.650. The summed E-state index contributed by atoms with van der Waals surface area (Å²) in [6.07, 6.45) is 0. The van der Waals surface area contributed by atoms with E-state index in [-0.39, 0.29) is 18.6 Å². The largest absolute Gasteiger partial charge is 0.483 e. The molecule has 2 aromatic carbocycles. The van der Waals surface area contributed by atoms with Gasteiger partial charge in [-0.1, -0.05) is 41.9 Å². The minimum absolute atomic E-state index is 0.0585. The number of amides is 1. The van der Waals surface area contributed by atoms with Gasteiger partial charge < -0.3 is 15.0 Å². The summed E-state index contributed by atoms with van der Waals surface area (Å²) in [5.41, 5.74) is 1.06. The predicted molar refractivity (Wildman–Crippen MR) is 101 cm³/mol. The summed E-state index contributed by atoms with van der Waals surface area (Å²) in [5, 5.41) is 3.62. The average Bonchev–Trinajstić information content (AvgIpc) is 2.54. The molecule has 128 valence electrons. The van der Waals surface area contributed by atoms with Crippen molar-refractivity contribution in [1.29, 1.82) is 0 Å². The van der Waals surface area contributed by atoms with Gasteiger partial charge >= 0.3 is 0 Å². The lowest BCUT2D eigenvalue weighted by atomic mass is 10.1. The molecule has 24 heavy (non-hydrogen) atoms. The molecule has 1 atom stereocenters. The first-order valence-electron chi connectivity index (χ1n) is 7.52. The van der Waals surface area contributed by atoms with Crippen LogP contribution in [0.3, 0.4) is 0 Å². The number of ether oxygens (including phenoxy) is 1. The molecule has 1 amide bonds. The van der Waals surface area contributed by atoms with E-state index in [1.165, 1.54) is 0 Å². The van der Waals surface area contributed by atoms with Gasteiger partial charge in [0.25, 0.3) is 5.91 Å². The molecule has 0 bridgehead atoms. The fraction of sp³-hybridized carbons (Fsp3) is 0.278. The van der Waals surface area contributed by atoms with Crippen LogP contribution in [0.2, 0.25) is 5.02 Å². The average molecular weight is 412 g/mol. The van der Waals surface area contributed by atoms with Crippen LogP contribution in [0.4, 0.5) is 0 Å². The lowest BCUT2D eigenvalue weighted by molar-refractivity contribution is -0.124. The monoisotopic (exact) mass is 410 g/mol. The minimum Gasteiger partial charge on any atom is -0.483 e. The van der Waals surface area contributed by atoms with Gasteiger partial charge in [0.05, 0.1) is 10.5 Å². The van der Waals surface area contributed by atoms with E-state index in [0.717, 1.165) is 10.0 Å². The maximum absolute atomic E-state index is 12.3. The SMILES string of the molecule is CN(C)C[C@H](NC(=O)COc1ccc(Cl)cc1Br)c1ccccc1. The van der Waals surface area contributed by atoms with Crippen molar-refractivity contribution in [3.8, 4) is 5.75 Å². The lowest BCUT2D eigenvalue weighted by Crippen LogP contribution is -2.37. The molecule has 4 nitrogen and oxygen atoms in total. The van der Waals surface area contributed by atoms with E-state index in [4.69, 9.17) is 16.3 Å². The fourth-order valence-electron chi connectivity index (χ4n) is 2.26. The number of hydrogen-bond acceptors (Lipinski definition) is 3. The number of carbonyl (C=O) groups is 1. The summed E-state index contributed by atoms with van der Waals surface area (Å²) in [6, 6.07) is 15.0. The highest BCUT2D eigenvalue weighted by Gasteiger charge is 2.16. The smallest absolute Gasteiger partial charge is 0.258 e. The molecule has 0 radical (unpaired) electrons. The van der Waals surface area contributed by atoms with Crippen molar-refractivity contribution in [3.05, 3.63) is 63.6 Å². The Kier molecular flexibility index (Phi) is 7.09. The molecule has 2 rings (SSSR count). The van der Waals surface area contributed by atoms with Crippen LogP contribution in [-0.2, 0) is 4.79 Å². The molecule has 2 aromatic rings. The Morgan fingerprint density at radius 1 is 1.25 bits per heavy atom. The highest BCUT2D eigenvalue weighted by molar-refractivity contribution is 9.10. The molecule has 0 heterocycles. The molecule has 0 saturated carbocycles. The number of hydrogen-bond donors (Lipinski definition) is 1. The van der Waals surface area contributed by atoms with Crippen LogP contribution in [0.15, 0.2) is 53.0 Å². The van der Waals surface area contributed by atoms with Gasteiger partial charge in [-0.3, -0.25) is 4.79 Å². The van der Waals surface area contributed by atoms with Crippen molar-refractivity contribution in [2.45, 2.75) is 6.04 Å².